The van der Waals surface area contributed by atoms with Gasteiger partial charge in [-0.05, 0) is 37.1 Å². The third-order valence-electron chi connectivity index (χ3n) is 3.21. The molecule has 1 unspecified atom stereocenters. The molecule has 1 aliphatic heterocycles. The van der Waals surface area contributed by atoms with Crippen LogP contribution in [0.15, 0.2) is 24.3 Å². The van der Waals surface area contributed by atoms with Crippen LogP contribution in [-0.2, 0) is 4.79 Å². The Morgan fingerprint density at radius 2 is 1.80 bits per heavy atom. The van der Waals surface area contributed by atoms with Crippen molar-refractivity contribution in [3.8, 4) is 5.75 Å². The summed E-state index contributed by atoms with van der Waals surface area (Å²) in [6.07, 6.45) is -4.41. The van der Waals surface area contributed by atoms with Gasteiger partial charge in [-0.15, -0.1) is 0 Å². The minimum atomic E-state index is -4.97. The Kier molecular flexibility index (Phi) is 3.69. The third kappa shape index (κ3) is 2.76. The molecule has 1 amide bonds. The first-order valence-corrected chi connectivity index (χ1v) is 6.02. The van der Waals surface area contributed by atoms with Crippen LogP contribution < -0.4 is 0 Å². The van der Waals surface area contributed by atoms with Crippen LogP contribution >= 0.6 is 0 Å². The largest absolute Gasteiger partial charge is 0.508 e. The fraction of sp³-hybridized carbons (Fsp3) is 0.385. The van der Waals surface area contributed by atoms with Crippen molar-refractivity contribution in [1.29, 1.82) is 0 Å². The first-order chi connectivity index (χ1) is 9.30. The van der Waals surface area contributed by atoms with Gasteiger partial charge in [0.15, 0.2) is 5.78 Å². The lowest BCUT2D eigenvalue weighted by molar-refractivity contribution is -0.185. The van der Waals surface area contributed by atoms with E-state index in [-0.39, 0.29) is 24.3 Å². The number of carbonyl (C=O) groups excluding carboxylic acids is 2. The lowest BCUT2D eigenvalue weighted by Crippen LogP contribution is -2.46. The number of rotatable bonds is 2. The van der Waals surface area contributed by atoms with Crippen LogP contribution in [0.2, 0.25) is 0 Å². The first kappa shape index (κ1) is 14.4. The maximum Gasteiger partial charge on any atom is 0.471 e. The van der Waals surface area contributed by atoms with Gasteiger partial charge in [-0.25, -0.2) is 0 Å². The van der Waals surface area contributed by atoms with Gasteiger partial charge in [0.05, 0.1) is 6.04 Å². The summed E-state index contributed by atoms with van der Waals surface area (Å²) in [6, 6.07) is 4.11. The predicted molar refractivity (Wildman–Crippen MR) is 63.2 cm³/mol. The number of phenols is 1. The number of alkyl halides is 3. The van der Waals surface area contributed by atoms with Crippen molar-refractivity contribution < 1.29 is 27.9 Å². The molecular formula is C13H12F3NO3. The predicted octanol–water partition coefficient (Wildman–Crippen LogP) is 2.13. The van der Waals surface area contributed by atoms with Crippen LogP contribution in [0.5, 0.6) is 5.75 Å². The van der Waals surface area contributed by atoms with E-state index in [0.29, 0.717) is 11.3 Å². The molecule has 1 aromatic carbocycles. The van der Waals surface area contributed by atoms with Gasteiger partial charge in [-0.3, -0.25) is 9.59 Å². The molecule has 20 heavy (non-hydrogen) atoms. The smallest absolute Gasteiger partial charge is 0.471 e. The van der Waals surface area contributed by atoms with E-state index in [9.17, 15) is 22.8 Å². The molecule has 1 fully saturated rings. The maximum atomic E-state index is 12.5. The number of hydrogen-bond acceptors (Lipinski definition) is 3. The second kappa shape index (κ2) is 5.15. The summed E-state index contributed by atoms with van der Waals surface area (Å²) in [5.41, 5.74) is 0.176. The highest BCUT2D eigenvalue weighted by molar-refractivity contribution is 6.02. The van der Waals surface area contributed by atoms with Crippen molar-refractivity contribution in [1.82, 2.24) is 4.90 Å². The molecular weight excluding hydrogens is 275 g/mol. The number of benzene rings is 1. The van der Waals surface area contributed by atoms with Crippen LogP contribution in [0.3, 0.4) is 0 Å². The van der Waals surface area contributed by atoms with Crippen LogP contribution in [0.4, 0.5) is 13.2 Å². The highest BCUT2D eigenvalue weighted by Gasteiger charge is 2.47. The Bertz CT molecular complexity index is 525. The van der Waals surface area contributed by atoms with Gasteiger partial charge in [0.2, 0.25) is 0 Å². The fourth-order valence-electron chi connectivity index (χ4n) is 2.26. The van der Waals surface area contributed by atoms with Gasteiger partial charge in [0.1, 0.15) is 5.75 Å². The first-order valence-electron chi connectivity index (χ1n) is 6.02. The lowest BCUT2D eigenvalue weighted by atomic mass is 10.0. The molecule has 1 saturated heterocycles. The lowest BCUT2D eigenvalue weighted by Gasteiger charge is -2.24. The SMILES string of the molecule is O=C(c1ccc(O)cc1)C1CCCN1C(=O)C(F)(F)F. The Hall–Kier alpha value is -2.05. The zero-order valence-corrected chi connectivity index (χ0v) is 10.4. The summed E-state index contributed by atoms with van der Waals surface area (Å²) >= 11 is 0. The third-order valence-corrected chi connectivity index (χ3v) is 3.21. The van der Waals surface area contributed by atoms with E-state index in [0.717, 1.165) is 0 Å². The van der Waals surface area contributed by atoms with Crippen molar-refractivity contribution in [2.45, 2.75) is 25.1 Å². The number of amides is 1. The highest BCUT2D eigenvalue weighted by atomic mass is 19.4. The minimum absolute atomic E-state index is 0.0452. The van der Waals surface area contributed by atoms with E-state index in [1.807, 2.05) is 0 Å². The number of phenolic OH excluding ortho intramolecular Hbond substituents is 1. The van der Waals surface area contributed by atoms with E-state index in [4.69, 9.17) is 5.11 Å². The molecule has 4 nitrogen and oxygen atoms in total. The summed E-state index contributed by atoms with van der Waals surface area (Å²) in [5.74, 6) is -2.57. The molecule has 0 aromatic heterocycles. The number of nitrogens with zero attached hydrogens (tertiary/aromatic N) is 1. The fourth-order valence-corrected chi connectivity index (χ4v) is 2.26. The molecule has 1 atom stereocenters. The number of halogens is 3. The van der Waals surface area contributed by atoms with Gasteiger partial charge in [-0.2, -0.15) is 13.2 Å². The molecule has 1 aliphatic rings. The Morgan fingerprint density at radius 1 is 1.20 bits per heavy atom. The van der Waals surface area contributed by atoms with Gasteiger partial charge in [0, 0.05) is 12.1 Å². The maximum absolute atomic E-state index is 12.5. The van der Waals surface area contributed by atoms with Crippen molar-refractivity contribution in [3.63, 3.8) is 0 Å². The molecule has 0 aliphatic carbocycles. The molecule has 0 saturated carbocycles. The summed E-state index contributed by atoms with van der Waals surface area (Å²) < 4.78 is 37.4. The molecule has 0 radical (unpaired) electrons. The van der Waals surface area contributed by atoms with E-state index in [1.165, 1.54) is 24.3 Å². The van der Waals surface area contributed by atoms with Crippen LogP contribution in [0.25, 0.3) is 0 Å². The minimum Gasteiger partial charge on any atom is -0.508 e. The normalized spacial score (nSPS) is 19.1. The topological polar surface area (TPSA) is 57.6 Å². The van der Waals surface area contributed by atoms with Crippen molar-refractivity contribution >= 4 is 11.7 Å². The second-order valence-electron chi connectivity index (χ2n) is 4.57. The highest BCUT2D eigenvalue weighted by Crippen LogP contribution is 2.27. The number of aromatic hydroxyl groups is 1. The average molecular weight is 287 g/mol. The average Bonchev–Trinajstić information content (AvgIpc) is 2.85. The van der Waals surface area contributed by atoms with E-state index in [1.54, 1.807) is 0 Å². The van der Waals surface area contributed by atoms with Crippen molar-refractivity contribution in [2.24, 2.45) is 0 Å². The summed E-state index contributed by atoms with van der Waals surface area (Å²) in [7, 11) is 0. The van der Waals surface area contributed by atoms with E-state index >= 15 is 0 Å². The number of ketones is 1. The standard InChI is InChI=1S/C13H12F3NO3/c14-13(15,16)12(20)17-7-1-2-10(17)11(19)8-3-5-9(18)6-4-8/h3-6,10,18H,1-2,7H2. The monoisotopic (exact) mass is 287 g/mol. The molecule has 0 spiro atoms. The zero-order valence-electron chi connectivity index (χ0n) is 10.4. The zero-order chi connectivity index (χ0) is 14.9. The number of Topliss-reactive ketones (excluding diaryl/α,β-unsaturated/α-hetero) is 1. The Labute approximate surface area is 112 Å². The number of hydrogen-bond donors (Lipinski definition) is 1. The number of likely N-dealkylation sites (tertiary alicyclic amines) is 1. The molecule has 1 heterocycles. The quantitative estimate of drug-likeness (QED) is 0.848. The molecule has 1 N–H and O–H groups in total. The van der Waals surface area contributed by atoms with Crippen LogP contribution in [0.1, 0.15) is 23.2 Å². The van der Waals surface area contributed by atoms with Crippen molar-refractivity contribution in [3.05, 3.63) is 29.8 Å². The van der Waals surface area contributed by atoms with Crippen molar-refractivity contribution in [2.75, 3.05) is 6.54 Å². The summed E-state index contributed by atoms with van der Waals surface area (Å²) in [5, 5.41) is 9.13. The van der Waals surface area contributed by atoms with Gasteiger partial charge in [-0.1, -0.05) is 0 Å². The summed E-state index contributed by atoms with van der Waals surface area (Å²) in [6.45, 7) is -0.0766. The van der Waals surface area contributed by atoms with Gasteiger partial charge < -0.3 is 10.0 Å². The molecule has 7 heteroatoms. The van der Waals surface area contributed by atoms with E-state index in [2.05, 4.69) is 0 Å². The van der Waals surface area contributed by atoms with Gasteiger partial charge >= 0.3 is 12.1 Å². The van der Waals surface area contributed by atoms with E-state index < -0.39 is 23.9 Å². The molecule has 108 valence electrons. The summed E-state index contributed by atoms with van der Waals surface area (Å²) in [4.78, 5) is 24.0. The number of carbonyl (C=O) groups is 2. The molecule has 1 aromatic rings. The Morgan fingerprint density at radius 3 is 2.35 bits per heavy atom. The van der Waals surface area contributed by atoms with Crippen LogP contribution in [-0.4, -0.2) is 40.5 Å². The Balaban J connectivity index is 2.21. The van der Waals surface area contributed by atoms with Gasteiger partial charge in [0.25, 0.3) is 0 Å². The van der Waals surface area contributed by atoms with Crippen LogP contribution in [0, 0.1) is 0 Å². The molecule has 2 rings (SSSR count). The molecule has 0 bridgehead atoms. The second-order valence-corrected chi connectivity index (χ2v) is 4.57.